The molecule has 0 aliphatic carbocycles. The summed E-state index contributed by atoms with van der Waals surface area (Å²) in [6.45, 7) is 0.469. The summed E-state index contributed by atoms with van der Waals surface area (Å²) < 4.78 is 30.8. The largest absolute Gasteiger partial charge is 0.423 e. The molecular formula is C14H12BrF2NO3. The van der Waals surface area contributed by atoms with Gasteiger partial charge in [0.25, 0.3) is 0 Å². The molecule has 4 nitrogen and oxygen atoms in total. The standard InChI is InChI=1S/C14H12BrF2NO3/c15-5-8-21-13(19)18-6-3-14(20,4-7-18)10-1-2-11(16)12(17)9-10/h1-2,9,20H,3-4,6-7H2. The molecule has 1 aromatic rings. The Morgan fingerprint density at radius 3 is 2.57 bits per heavy atom. The molecule has 1 fully saturated rings. The maximum absolute atomic E-state index is 13.3. The predicted molar refractivity (Wildman–Crippen MR) is 74.2 cm³/mol. The topological polar surface area (TPSA) is 49.8 Å². The first-order valence-corrected chi connectivity index (χ1v) is 7.00. The van der Waals surface area contributed by atoms with Crippen LogP contribution in [0.15, 0.2) is 18.2 Å². The van der Waals surface area contributed by atoms with Crippen LogP contribution >= 0.6 is 15.9 Å². The van der Waals surface area contributed by atoms with Crippen molar-refractivity contribution >= 4 is 22.0 Å². The van der Waals surface area contributed by atoms with Crippen LogP contribution in [0.5, 0.6) is 0 Å². The maximum atomic E-state index is 13.3. The summed E-state index contributed by atoms with van der Waals surface area (Å²) in [4.78, 5) is 15.2. The Morgan fingerprint density at radius 1 is 1.33 bits per heavy atom. The van der Waals surface area contributed by atoms with Crippen LogP contribution in [0.4, 0.5) is 13.6 Å². The Kier molecular flexibility index (Phi) is 4.80. The maximum Gasteiger partial charge on any atom is 0.423 e. The molecule has 112 valence electrons. The number of halogens is 3. The van der Waals surface area contributed by atoms with E-state index in [1.807, 2.05) is 0 Å². The van der Waals surface area contributed by atoms with Crippen molar-refractivity contribution in [2.24, 2.45) is 0 Å². The van der Waals surface area contributed by atoms with Gasteiger partial charge >= 0.3 is 6.09 Å². The summed E-state index contributed by atoms with van der Waals surface area (Å²) in [6, 6.07) is 3.32. The molecule has 0 spiro atoms. The van der Waals surface area contributed by atoms with Crippen molar-refractivity contribution in [2.45, 2.75) is 18.4 Å². The second-order valence-corrected chi connectivity index (χ2v) is 5.11. The van der Waals surface area contributed by atoms with Crippen molar-refractivity contribution in [2.75, 3.05) is 13.1 Å². The van der Waals surface area contributed by atoms with Crippen molar-refractivity contribution in [3.63, 3.8) is 0 Å². The van der Waals surface area contributed by atoms with E-state index in [4.69, 9.17) is 0 Å². The third kappa shape index (κ3) is 3.52. The van der Waals surface area contributed by atoms with Crippen LogP contribution in [0.2, 0.25) is 0 Å². The van der Waals surface area contributed by atoms with Gasteiger partial charge in [0.1, 0.15) is 6.11 Å². The lowest BCUT2D eigenvalue weighted by atomic mass is 9.84. The zero-order chi connectivity index (χ0) is 15.5. The number of rotatable bonds is 1. The monoisotopic (exact) mass is 359 g/mol. The number of aliphatic hydroxyl groups is 1. The van der Waals surface area contributed by atoms with E-state index in [1.165, 1.54) is 11.0 Å². The number of piperidine rings is 1. The lowest BCUT2D eigenvalue weighted by Crippen LogP contribution is -2.45. The quantitative estimate of drug-likeness (QED) is 0.784. The van der Waals surface area contributed by atoms with E-state index in [0.29, 0.717) is 5.56 Å². The Labute approximate surface area is 128 Å². The summed E-state index contributed by atoms with van der Waals surface area (Å²) in [6.07, 6.45) is 1.94. The van der Waals surface area contributed by atoms with Crippen LogP contribution in [-0.4, -0.2) is 29.2 Å². The third-order valence-electron chi connectivity index (χ3n) is 3.48. The van der Waals surface area contributed by atoms with E-state index in [9.17, 15) is 18.7 Å². The van der Waals surface area contributed by atoms with Gasteiger partial charge in [-0.1, -0.05) is 6.07 Å². The van der Waals surface area contributed by atoms with Crippen molar-refractivity contribution in [3.05, 3.63) is 35.4 Å². The minimum absolute atomic E-state index is 0.203. The average molecular weight is 360 g/mol. The Balaban J connectivity index is 2.05. The molecule has 1 amide bonds. The van der Waals surface area contributed by atoms with E-state index in [1.54, 1.807) is 0 Å². The van der Waals surface area contributed by atoms with Crippen molar-refractivity contribution < 1.29 is 23.4 Å². The Hall–Kier alpha value is -1.65. The highest BCUT2D eigenvalue weighted by Crippen LogP contribution is 2.33. The predicted octanol–water partition coefficient (Wildman–Crippen LogP) is 2.70. The van der Waals surface area contributed by atoms with Gasteiger partial charge in [0.05, 0.1) is 5.60 Å². The van der Waals surface area contributed by atoms with Gasteiger partial charge in [-0.25, -0.2) is 13.6 Å². The van der Waals surface area contributed by atoms with Gasteiger partial charge in [-0.2, -0.15) is 0 Å². The zero-order valence-electron chi connectivity index (χ0n) is 10.9. The highest BCUT2D eigenvalue weighted by Gasteiger charge is 2.36. The van der Waals surface area contributed by atoms with Crippen LogP contribution in [-0.2, 0) is 10.3 Å². The molecule has 0 atom stereocenters. The first-order chi connectivity index (χ1) is 9.96. The number of carbonyl (C=O) groups is 1. The summed E-state index contributed by atoms with van der Waals surface area (Å²) in [5.74, 6) is -1.97. The van der Waals surface area contributed by atoms with Gasteiger partial charge in [-0.05, 0) is 30.5 Å². The lowest BCUT2D eigenvalue weighted by Gasteiger charge is -2.37. The molecule has 2 rings (SSSR count). The van der Waals surface area contributed by atoms with Gasteiger partial charge in [0, 0.05) is 33.8 Å². The van der Waals surface area contributed by atoms with Crippen LogP contribution in [0.1, 0.15) is 18.4 Å². The fourth-order valence-corrected chi connectivity index (χ4v) is 2.34. The van der Waals surface area contributed by atoms with Gasteiger partial charge < -0.3 is 14.7 Å². The first kappa shape index (κ1) is 15.7. The van der Waals surface area contributed by atoms with Gasteiger partial charge in [-0.3, -0.25) is 0 Å². The zero-order valence-corrected chi connectivity index (χ0v) is 12.5. The smallest absolute Gasteiger partial charge is 0.385 e. The fraction of sp³-hybridized carbons (Fsp3) is 0.357. The first-order valence-electron chi connectivity index (χ1n) is 6.20. The molecule has 0 aromatic heterocycles. The van der Waals surface area contributed by atoms with Gasteiger partial charge in [-0.15, -0.1) is 0 Å². The molecule has 0 radical (unpaired) electrons. The highest BCUT2D eigenvalue weighted by molar-refractivity contribution is 9.12. The second kappa shape index (κ2) is 6.41. The number of likely N-dealkylation sites (tertiary alicyclic amines) is 1. The summed E-state index contributed by atoms with van der Waals surface area (Å²) in [7, 11) is 0. The molecule has 1 aromatic carbocycles. The molecule has 0 bridgehead atoms. The average Bonchev–Trinajstić information content (AvgIpc) is 2.48. The minimum atomic E-state index is -1.29. The molecule has 1 N–H and O–H groups in total. The summed E-state index contributed by atoms with van der Waals surface area (Å²) >= 11 is 2.80. The van der Waals surface area contributed by atoms with Crippen LogP contribution in [0, 0.1) is 22.6 Å². The van der Waals surface area contributed by atoms with Crippen LogP contribution in [0.3, 0.4) is 0 Å². The van der Waals surface area contributed by atoms with Crippen molar-refractivity contribution in [1.82, 2.24) is 4.90 Å². The van der Waals surface area contributed by atoms with Crippen LogP contribution in [0.25, 0.3) is 0 Å². The van der Waals surface area contributed by atoms with E-state index >= 15 is 0 Å². The van der Waals surface area contributed by atoms with Crippen LogP contribution < -0.4 is 0 Å². The third-order valence-corrected chi connectivity index (χ3v) is 3.64. The molecule has 1 aliphatic rings. The molecule has 21 heavy (non-hydrogen) atoms. The normalized spacial score (nSPS) is 16.9. The highest BCUT2D eigenvalue weighted by atomic mass is 79.9. The molecule has 1 aliphatic heterocycles. The van der Waals surface area contributed by atoms with E-state index in [2.05, 4.69) is 31.6 Å². The Bertz CT molecular complexity index is 604. The van der Waals surface area contributed by atoms with E-state index in [0.717, 1.165) is 12.1 Å². The molecule has 1 saturated heterocycles. The molecule has 0 saturated carbocycles. The molecule has 7 heteroatoms. The number of hydrogen-bond acceptors (Lipinski definition) is 3. The second-order valence-electron chi connectivity index (χ2n) is 4.71. The number of carbonyl (C=O) groups excluding carboxylic acids is 1. The molecule has 1 heterocycles. The minimum Gasteiger partial charge on any atom is -0.385 e. The van der Waals surface area contributed by atoms with E-state index in [-0.39, 0.29) is 25.9 Å². The number of nitrogens with zero attached hydrogens (tertiary/aromatic N) is 1. The van der Waals surface area contributed by atoms with Gasteiger partial charge in [0.15, 0.2) is 11.6 Å². The fourth-order valence-electron chi connectivity index (χ4n) is 2.26. The molecular weight excluding hydrogens is 348 g/mol. The SMILES string of the molecule is O=C(OC#CBr)N1CCC(O)(c2ccc(F)c(F)c2)CC1. The summed E-state index contributed by atoms with van der Waals surface area (Å²) in [5, 5.41) is 10.5. The van der Waals surface area contributed by atoms with Crippen molar-refractivity contribution in [1.29, 1.82) is 0 Å². The number of amides is 1. The number of benzene rings is 1. The van der Waals surface area contributed by atoms with E-state index < -0.39 is 23.3 Å². The number of hydrogen-bond donors (Lipinski definition) is 1. The number of ether oxygens (including phenoxy) is 1. The Morgan fingerprint density at radius 2 is 2.00 bits per heavy atom. The van der Waals surface area contributed by atoms with Crippen molar-refractivity contribution in [3.8, 4) is 10.9 Å². The molecule has 0 unspecified atom stereocenters. The van der Waals surface area contributed by atoms with Gasteiger partial charge in [0.2, 0.25) is 0 Å². The lowest BCUT2D eigenvalue weighted by molar-refractivity contribution is -0.0216. The summed E-state index contributed by atoms with van der Waals surface area (Å²) in [5.41, 5.74) is -0.985.